The summed E-state index contributed by atoms with van der Waals surface area (Å²) in [5.74, 6) is 0.665. The number of halogens is 1. The molecule has 0 fully saturated rings. The van der Waals surface area contributed by atoms with Gasteiger partial charge in [0, 0.05) is 18.3 Å². The number of nitrogens with one attached hydrogen (secondary N) is 1. The highest BCUT2D eigenvalue weighted by Gasteiger charge is 2.26. The minimum Gasteiger partial charge on any atom is -0.496 e. The van der Waals surface area contributed by atoms with E-state index >= 15 is 0 Å². The Bertz CT molecular complexity index is 1470. The average molecular weight is 536 g/mol. The van der Waals surface area contributed by atoms with Gasteiger partial charge in [-0.15, -0.1) is 12.4 Å². The summed E-state index contributed by atoms with van der Waals surface area (Å²) in [6.07, 6.45) is 3.57. The molecule has 4 aromatic rings. The Labute approximate surface area is 216 Å². The van der Waals surface area contributed by atoms with Crippen LogP contribution in [-0.4, -0.2) is 37.6 Å². The van der Waals surface area contributed by atoms with E-state index in [2.05, 4.69) is 15.0 Å². The highest BCUT2D eigenvalue weighted by molar-refractivity contribution is 7.92. The van der Waals surface area contributed by atoms with Crippen LogP contribution in [0.4, 0.5) is 5.82 Å². The third-order valence-electron chi connectivity index (χ3n) is 5.63. The predicted molar refractivity (Wildman–Crippen MR) is 140 cm³/mol. The van der Waals surface area contributed by atoms with Crippen LogP contribution in [0.2, 0.25) is 0 Å². The van der Waals surface area contributed by atoms with Crippen LogP contribution in [0.5, 0.6) is 11.5 Å². The zero-order valence-corrected chi connectivity index (χ0v) is 22.4. The zero-order valence-electron chi connectivity index (χ0n) is 20.7. The van der Waals surface area contributed by atoms with Gasteiger partial charge in [0.05, 0.1) is 27.0 Å². The molecule has 0 amide bonds. The molecule has 0 aliphatic rings. The van der Waals surface area contributed by atoms with Gasteiger partial charge < -0.3 is 19.7 Å². The van der Waals surface area contributed by atoms with E-state index in [9.17, 15) is 8.42 Å². The topological polar surface area (TPSA) is 134 Å². The van der Waals surface area contributed by atoms with Gasteiger partial charge >= 0.3 is 0 Å². The fourth-order valence-corrected chi connectivity index (χ4v) is 4.93. The number of nitrogens with zero attached hydrogens (tertiary/aromatic N) is 3. The normalized spacial score (nSPS) is 11.8. The Balaban J connectivity index is 0.00000361. The maximum atomic E-state index is 13.4. The van der Waals surface area contributed by atoms with Crippen molar-refractivity contribution in [3.05, 3.63) is 59.4 Å². The van der Waals surface area contributed by atoms with Crippen LogP contribution < -0.4 is 19.9 Å². The van der Waals surface area contributed by atoms with E-state index in [1.807, 2.05) is 33.0 Å². The van der Waals surface area contributed by atoms with E-state index < -0.39 is 10.0 Å². The molecule has 2 aromatic heterocycles. The van der Waals surface area contributed by atoms with Gasteiger partial charge in [0.2, 0.25) is 0 Å². The molecule has 0 saturated carbocycles. The van der Waals surface area contributed by atoms with Gasteiger partial charge in [0.15, 0.2) is 11.4 Å². The Hall–Kier alpha value is -3.28. The number of ether oxygens (including phenoxy) is 2. The van der Waals surface area contributed by atoms with Crippen molar-refractivity contribution in [2.75, 3.05) is 18.9 Å². The second kappa shape index (κ2) is 10.4. The summed E-state index contributed by atoms with van der Waals surface area (Å²) in [5, 5.41) is 8.68. The Morgan fingerprint density at radius 3 is 2.42 bits per heavy atom. The molecule has 12 heteroatoms. The highest BCUT2D eigenvalue weighted by Crippen LogP contribution is 2.37. The van der Waals surface area contributed by atoms with Crippen molar-refractivity contribution in [1.29, 1.82) is 0 Å². The van der Waals surface area contributed by atoms with Crippen LogP contribution in [-0.2, 0) is 28.5 Å². The van der Waals surface area contributed by atoms with Crippen molar-refractivity contribution in [3.8, 4) is 11.5 Å². The van der Waals surface area contributed by atoms with E-state index in [1.54, 1.807) is 35.1 Å². The molecule has 0 unspecified atom stereocenters. The quantitative estimate of drug-likeness (QED) is 0.345. The number of fused-ring (bicyclic) bond motifs is 1. The summed E-state index contributed by atoms with van der Waals surface area (Å²) in [6.45, 7) is 6.87. The molecule has 10 nitrogen and oxygen atoms in total. The van der Waals surface area contributed by atoms with Gasteiger partial charge in [-0.3, -0.25) is 9.40 Å². The number of hydrogen-bond acceptors (Lipinski definition) is 8. The van der Waals surface area contributed by atoms with Gasteiger partial charge in [0.1, 0.15) is 21.8 Å². The van der Waals surface area contributed by atoms with Crippen molar-refractivity contribution >= 4 is 39.2 Å². The lowest BCUT2D eigenvalue weighted by molar-refractivity contribution is 0.402. The maximum absolute atomic E-state index is 13.4. The first-order chi connectivity index (χ1) is 16.6. The van der Waals surface area contributed by atoms with Gasteiger partial charge in [-0.05, 0) is 40.8 Å². The van der Waals surface area contributed by atoms with Crippen LogP contribution >= 0.6 is 12.4 Å². The smallest absolute Gasteiger partial charge is 0.266 e. The molecule has 0 bridgehead atoms. The number of hydrogen-bond donors (Lipinski definition) is 2. The monoisotopic (exact) mass is 535 g/mol. The summed E-state index contributed by atoms with van der Waals surface area (Å²) < 4.78 is 47.5. The van der Waals surface area contributed by atoms with Gasteiger partial charge in [-0.2, -0.15) is 5.10 Å². The second-order valence-electron chi connectivity index (χ2n) is 9.17. The summed E-state index contributed by atoms with van der Waals surface area (Å²) in [4.78, 5) is 0.00792. The van der Waals surface area contributed by atoms with Gasteiger partial charge in [0.25, 0.3) is 10.0 Å². The van der Waals surface area contributed by atoms with Crippen molar-refractivity contribution in [1.82, 2.24) is 14.9 Å². The molecular weight excluding hydrogens is 506 g/mol. The highest BCUT2D eigenvalue weighted by atomic mass is 35.5. The molecule has 4 rings (SSSR count). The average Bonchev–Trinajstić information content (AvgIpc) is 3.44. The van der Waals surface area contributed by atoms with Crippen molar-refractivity contribution in [3.63, 3.8) is 0 Å². The molecule has 2 aromatic carbocycles. The number of benzene rings is 2. The van der Waals surface area contributed by atoms with Crippen LogP contribution in [0, 0.1) is 0 Å². The van der Waals surface area contributed by atoms with Crippen LogP contribution in [0.3, 0.4) is 0 Å². The van der Waals surface area contributed by atoms with E-state index in [4.69, 9.17) is 19.7 Å². The first kappa shape index (κ1) is 27.3. The van der Waals surface area contributed by atoms with Crippen LogP contribution in [0.1, 0.15) is 37.5 Å². The molecule has 36 heavy (non-hydrogen) atoms. The maximum Gasteiger partial charge on any atom is 0.266 e. The first-order valence-corrected chi connectivity index (χ1v) is 12.4. The molecule has 3 N–H and O–H groups in total. The number of sulfonamides is 1. The molecule has 0 atom stereocenters. The number of anilines is 1. The molecule has 2 heterocycles. The third kappa shape index (κ3) is 5.43. The van der Waals surface area contributed by atoms with E-state index in [1.165, 1.54) is 14.2 Å². The van der Waals surface area contributed by atoms with E-state index in [0.717, 1.165) is 16.7 Å². The van der Waals surface area contributed by atoms with Crippen LogP contribution in [0.15, 0.2) is 52.1 Å². The standard InChI is InChI=1S/C24H29N5O5S.ClH/c1-24(2,3)17-6-7-18(32-4)21(10-17)35(30,31)28-23-22-19(33-5)8-15(9-20(22)34-27-23)13-29-14-16(11-25)12-26-29;/h6-10,12,14H,11,13,25H2,1-5H3,(H,27,28);1H. The Morgan fingerprint density at radius 2 is 1.81 bits per heavy atom. The molecule has 0 aliphatic heterocycles. The summed E-state index contributed by atoms with van der Waals surface area (Å²) in [7, 11) is -1.14. The van der Waals surface area contributed by atoms with Crippen LogP contribution in [0.25, 0.3) is 11.0 Å². The predicted octanol–water partition coefficient (Wildman–Crippen LogP) is 4.07. The summed E-state index contributed by atoms with van der Waals surface area (Å²) in [6, 6.07) is 8.67. The minimum atomic E-state index is -4.06. The fourth-order valence-electron chi connectivity index (χ4n) is 3.73. The van der Waals surface area contributed by atoms with Crippen molar-refractivity contribution in [2.24, 2.45) is 5.73 Å². The van der Waals surface area contributed by atoms with Gasteiger partial charge in [-0.25, -0.2) is 8.42 Å². The number of aromatic nitrogens is 3. The molecule has 0 saturated heterocycles. The third-order valence-corrected chi connectivity index (χ3v) is 7.00. The Kier molecular flexibility index (Phi) is 7.87. The van der Waals surface area contributed by atoms with Gasteiger partial charge in [-0.1, -0.05) is 32.0 Å². The largest absolute Gasteiger partial charge is 0.496 e. The van der Waals surface area contributed by atoms with Crippen molar-refractivity contribution < 1.29 is 22.4 Å². The van der Waals surface area contributed by atoms with E-state index in [0.29, 0.717) is 29.8 Å². The fraction of sp³-hybridized carbons (Fsp3) is 0.333. The van der Waals surface area contributed by atoms with E-state index in [-0.39, 0.29) is 34.3 Å². The van der Waals surface area contributed by atoms with Crippen molar-refractivity contribution in [2.45, 2.75) is 44.2 Å². The number of rotatable bonds is 8. The summed E-state index contributed by atoms with van der Waals surface area (Å²) >= 11 is 0. The molecule has 0 aliphatic carbocycles. The molecule has 0 radical (unpaired) electrons. The lowest BCUT2D eigenvalue weighted by Gasteiger charge is -2.21. The second-order valence-corrected chi connectivity index (χ2v) is 10.8. The summed E-state index contributed by atoms with van der Waals surface area (Å²) in [5.41, 5.74) is 8.38. The SMILES string of the molecule is COc1ccc(C(C)(C)C)cc1S(=O)(=O)Nc1noc2cc(Cn3cc(CN)cn3)cc(OC)c12.Cl. The number of nitrogens with two attached hydrogens (primary N) is 1. The Morgan fingerprint density at radius 1 is 1.08 bits per heavy atom. The minimum absolute atomic E-state index is 0. The lowest BCUT2D eigenvalue weighted by Crippen LogP contribution is -2.17. The number of methoxy groups -OCH3 is 2. The zero-order chi connectivity index (χ0) is 25.4. The molecule has 0 spiro atoms. The lowest BCUT2D eigenvalue weighted by atomic mass is 9.87. The molecule has 194 valence electrons. The first-order valence-electron chi connectivity index (χ1n) is 10.9. The molecular formula is C24H30ClN5O5S.